The molecule has 1 atom stereocenters. The molecule has 3 heterocycles. The molecule has 0 aliphatic carbocycles. The van der Waals surface area contributed by atoms with Crippen LogP contribution in [0.3, 0.4) is 0 Å². The first kappa shape index (κ1) is 34.3. The number of pyridine rings is 1. The second-order valence-electron chi connectivity index (χ2n) is 14.7. The van der Waals surface area contributed by atoms with E-state index in [0.29, 0.717) is 5.84 Å². The summed E-state index contributed by atoms with van der Waals surface area (Å²) in [4.78, 5) is 20.3. The van der Waals surface area contributed by atoms with Gasteiger partial charge in [0, 0.05) is 44.7 Å². The molecule has 1 unspecified atom stereocenters. The molecule has 10 aromatic rings. The molecular weight excluding hydrogens is 721 g/mol. The standard InChI is InChI=1S/C53H36N6/c1-4-13-35(14-5-1)36-22-28-40(29-23-36)51-56-50(39-15-6-2-7-16-39)57-52(58-51)41-30-24-37(25-31-41)38-26-32-42(33-27-38)53-55-48-46-21-12-34-54-47(46)44-19-10-11-20-45(44)49(48)59(53)43-17-8-3-9-18-43/h1-34,50H,(H,56,57,58). The second-order valence-corrected chi connectivity index (χ2v) is 14.7. The van der Waals surface area contributed by atoms with Crippen LogP contribution in [0.2, 0.25) is 0 Å². The van der Waals surface area contributed by atoms with Gasteiger partial charge >= 0.3 is 0 Å². The van der Waals surface area contributed by atoms with Gasteiger partial charge in [0.15, 0.2) is 5.84 Å². The molecule has 59 heavy (non-hydrogen) atoms. The summed E-state index contributed by atoms with van der Waals surface area (Å²) in [5, 5.41) is 6.89. The normalized spacial score (nSPS) is 13.9. The van der Waals surface area contributed by atoms with Crippen LogP contribution in [0.4, 0.5) is 0 Å². The molecule has 0 fully saturated rings. The number of aliphatic imine (C=N–C) groups is 2. The summed E-state index contributed by atoms with van der Waals surface area (Å²) >= 11 is 0. The maximum Gasteiger partial charge on any atom is 0.159 e. The molecule has 0 amide bonds. The van der Waals surface area contributed by atoms with Crippen molar-refractivity contribution in [3.8, 4) is 39.3 Å². The molecule has 6 heteroatoms. The van der Waals surface area contributed by atoms with E-state index in [4.69, 9.17) is 20.0 Å². The van der Waals surface area contributed by atoms with Crippen molar-refractivity contribution < 1.29 is 0 Å². The van der Waals surface area contributed by atoms with Crippen LogP contribution in [-0.2, 0) is 0 Å². The average molecular weight is 757 g/mol. The third-order valence-corrected chi connectivity index (χ3v) is 11.1. The van der Waals surface area contributed by atoms with E-state index in [1.165, 1.54) is 5.56 Å². The number of aromatic nitrogens is 3. The number of hydrogen-bond acceptors (Lipinski definition) is 5. The van der Waals surface area contributed by atoms with Crippen molar-refractivity contribution in [1.29, 1.82) is 0 Å². The molecule has 6 nitrogen and oxygen atoms in total. The van der Waals surface area contributed by atoms with E-state index < -0.39 is 0 Å². The predicted octanol–water partition coefficient (Wildman–Crippen LogP) is 12.2. The zero-order valence-corrected chi connectivity index (χ0v) is 31.9. The lowest BCUT2D eigenvalue weighted by Gasteiger charge is -2.24. The van der Waals surface area contributed by atoms with Crippen molar-refractivity contribution in [3.05, 3.63) is 223 Å². The van der Waals surface area contributed by atoms with Gasteiger partial charge in [-0.15, -0.1) is 0 Å². The summed E-state index contributed by atoms with van der Waals surface area (Å²) in [6.07, 6.45) is 1.59. The maximum atomic E-state index is 5.37. The Bertz CT molecular complexity index is 3190. The number of para-hydroxylation sites is 1. The number of rotatable bonds is 7. The Morgan fingerprint density at radius 1 is 0.424 bits per heavy atom. The number of benzene rings is 8. The topological polar surface area (TPSA) is 67.5 Å². The Balaban J connectivity index is 0.938. The summed E-state index contributed by atoms with van der Waals surface area (Å²) in [5.41, 5.74) is 12.7. The minimum atomic E-state index is -0.271. The summed E-state index contributed by atoms with van der Waals surface area (Å²) in [7, 11) is 0. The monoisotopic (exact) mass is 756 g/mol. The fourth-order valence-electron chi connectivity index (χ4n) is 8.19. The fourth-order valence-corrected chi connectivity index (χ4v) is 8.19. The Morgan fingerprint density at radius 2 is 0.949 bits per heavy atom. The van der Waals surface area contributed by atoms with Crippen LogP contribution in [0, 0.1) is 0 Å². The van der Waals surface area contributed by atoms with Gasteiger partial charge in [-0.05, 0) is 52.1 Å². The molecule has 0 saturated carbocycles. The Kier molecular flexibility index (Phi) is 8.44. The van der Waals surface area contributed by atoms with E-state index in [9.17, 15) is 0 Å². The van der Waals surface area contributed by atoms with Gasteiger partial charge in [-0.3, -0.25) is 9.55 Å². The van der Waals surface area contributed by atoms with Gasteiger partial charge in [-0.2, -0.15) is 0 Å². The summed E-state index contributed by atoms with van der Waals surface area (Å²) < 4.78 is 2.30. The van der Waals surface area contributed by atoms with Gasteiger partial charge in [0.2, 0.25) is 0 Å². The molecule has 11 rings (SSSR count). The third-order valence-electron chi connectivity index (χ3n) is 11.1. The van der Waals surface area contributed by atoms with Crippen molar-refractivity contribution >= 4 is 44.4 Å². The van der Waals surface area contributed by atoms with E-state index in [1.807, 2.05) is 36.5 Å². The molecule has 0 spiro atoms. The first-order valence-corrected chi connectivity index (χ1v) is 19.8. The van der Waals surface area contributed by atoms with Crippen LogP contribution in [-0.4, -0.2) is 26.2 Å². The lowest BCUT2D eigenvalue weighted by atomic mass is 10.0. The van der Waals surface area contributed by atoms with Crippen LogP contribution in [0.1, 0.15) is 22.9 Å². The zero-order chi connectivity index (χ0) is 39.1. The van der Waals surface area contributed by atoms with Gasteiger partial charge in [0.1, 0.15) is 17.8 Å². The maximum absolute atomic E-state index is 5.37. The molecule has 1 aliphatic heterocycles. The molecule has 278 valence electrons. The molecular formula is C53H36N6. The van der Waals surface area contributed by atoms with Crippen molar-refractivity contribution in [1.82, 2.24) is 19.9 Å². The first-order valence-electron chi connectivity index (χ1n) is 19.8. The number of nitrogens with one attached hydrogen (secondary N) is 1. The Hall–Kier alpha value is -7.96. The highest BCUT2D eigenvalue weighted by Crippen LogP contribution is 2.39. The highest BCUT2D eigenvalue weighted by molar-refractivity contribution is 6.23. The summed E-state index contributed by atoms with van der Waals surface area (Å²) in [5.74, 6) is 2.37. The third kappa shape index (κ3) is 6.24. The van der Waals surface area contributed by atoms with E-state index in [-0.39, 0.29) is 6.17 Å². The van der Waals surface area contributed by atoms with Crippen LogP contribution >= 0.6 is 0 Å². The SMILES string of the molecule is c1ccc(-c2ccc(C3=NC(c4ccccc4)NC(c4ccc(-c5ccc(-c6nc7c8cccnc8c8ccccc8c7n6-c6ccccc6)cc5)cc4)=N3)cc2)cc1. The van der Waals surface area contributed by atoms with Gasteiger partial charge in [-0.1, -0.05) is 176 Å². The second kappa shape index (κ2) is 14.5. The lowest BCUT2D eigenvalue weighted by molar-refractivity contribution is 0.674. The van der Waals surface area contributed by atoms with Gasteiger partial charge in [-0.25, -0.2) is 15.0 Å². The fraction of sp³-hybridized carbons (Fsp3) is 0.0189. The van der Waals surface area contributed by atoms with E-state index >= 15 is 0 Å². The van der Waals surface area contributed by atoms with Gasteiger partial charge in [0.25, 0.3) is 0 Å². The molecule has 0 bridgehead atoms. The number of hydrogen-bond donors (Lipinski definition) is 1. The first-order chi connectivity index (χ1) is 29.2. The molecule has 0 radical (unpaired) electrons. The van der Waals surface area contributed by atoms with Gasteiger partial charge < -0.3 is 5.32 Å². The molecule has 1 N–H and O–H groups in total. The van der Waals surface area contributed by atoms with Crippen LogP contribution in [0.5, 0.6) is 0 Å². The van der Waals surface area contributed by atoms with Crippen molar-refractivity contribution in [2.45, 2.75) is 6.17 Å². The Labute approximate surface area is 341 Å². The van der Waals surface area contributed by atoms with Gasteiger partial charge in [0.05, 0.1) is 16.6 Å². The van der Waals surface area contributed by atoms with E-state index in [1.54, 1.807) is 0 Å². The van der Waals surface area contributed by atoms with Crippen molar-refractivity contribution in [3.63, 3.8) is 0 Å². The quantitative estimate of drug-likeness (QED) is 0.165. The van der Waals surface area contributed by atoms with Crippen molar-refractivity contribution in [2.75, 3.05) is 0 Å². The molecule has 1 aliphatic rings. The summed E-state index contributed by atoms with van der Waals surface area (Å²) in [6, 6.07) is 69.7. The van der Waals surface area contributed by atoms with Crippen LogP contribution < -0.4 is 5.32 Å². The van der Waals surface area contributed by atoms with Crippen LogP contribution in [0.15, 0.2) is 216 Å². The minimum Gasteiger partial charge on any atom is -0.344 e. The largest absolute Gasteiger partial charge is 0.344 e. The smallest absolute Gasteiger partial charge is 0.159 e. The average Bonchev–Trinajstić information content (AvgIpc) is 3.74. The predicted molar refractivity (Wildman–Crippen MR) is 242 cm³/mol. The zero-order valence-electron chi connectivity index (χ0n) is 31.9. The Morgan fingerprint density at radius 3 is 1.63 bits per heavy atom. The highest BCUT2D eigenvalue weighted by Gasteiger charge is 2.22. The molecule has 0 saturated heterocycles. The number of imidazole rings is 1. The molecule has 2 aromatic heterocycles. The lowest BCUT2D eigenvalue weighted by Crippen LogP contribution is -2.33. The number of fused-ring (bicyclic) bond motifs is 6. The highest BCUT2D eigenvalue weighted by atomic mass is 15.2. The van der Waals surface area contributed by atoms with E-state index in [2.05, 4.69) is 180 Å². The number of amidine groups is 2. The molecule has 8 aromatic carbocycles. The van der Waals surface area contributed by atoms with Crippen molar-refractivity contribution in [2.24, 2.45) is 9.98 Å². The number of nitrogens with zero attached hydrogens (tertiary/aromatic N) is 5. The van der Waals surface area contributed by atoms with E-state index in [0.717, 1.165) is 89.0 Å². The minimum absolute atomic E-state index is 0.271. The van der Waals surface area contributed by atoms with Crippen LogP contribution in [0.25, 0.3) is 72.0 Å². The summed E-state index contributed by atoms with van der Waals surface area (Å²) in [6.45, 7) is 0.